The summed E-state index contributed by atoms with van der Waals surface area (Å²) in [6, 6.07) is 5.76. The van der Waals surface area contributed by atoms with Crippen molar-refractivity contribution in [3.63, 3.8) is 0 Å². The molecule has 0 radical (unpaired) electrons. The van der Waals surface area contributed by atoms with Crippen molar-refractivity contribution in [3.8, 4) is 0 Å². The maximum atomic E-state index is 12.4. The van der Waals surface area contributed by atoms with Crippen molar-refractivity contribution < 1.29 is 4.79 Å². The number of amides is 1. The predicted octanol–water partition coefficient (Wildman–Crippen LogP) is 4.82. The third-order valence-electron chi connectivity index (χ3n) is 5.26. The molecule has 0 spiro atoms. The summed E-state index contributed by atoms with van der Waals surface area (Å²) >= 11 is 12.4. The molecule has 25 heavy (non-hydrogen) atoms. The van der Waals surface area contributed by atoms with E-state index in [1.165, 1.54) is 18.4 Å². The molecule has 1 saturated heterocycles. The SMILES string of the molecule is O=C(NCC1=CCCCC1)C1CCN(Cc2cccc(Cl)c2Cl)CC1. The Kier molecular flexibility index (Phi) is 6.80. The molecule has 0 bridgehead atoms. The van der Waals surface area contributed by atoms with Crippen LogP contribution < -0.4 is 5.32 Å². The van der Waals surface area contributed by atoms with Crippen LogP contribution in [0, 0.1) is 5.92 Å². The molecular formula is C20H26Cl2N2O. The fourth-order valence-electron chi connectivity index (χ4n) is 3.67. The number of piperidine rings is 1. The number of carbonyl (C=O) groups is 1. The fraction of sp³-hybridized carbons (Fsp3) is 0.550. The zero-order chi connectivity index (χ0) is 17.6. The Morgan fingerprint density at radius 1 is 1.20 bits per heavy atom. The predicted molar refractivity (Wildman–Crippen MR) is 104 cm³/mol. The summed E-state index contributed by atoms with van der Waals surface area (Å²) in [5.74, 6) is 0.349. The van der Waals surface area contributed by atoms with Gasteiger partial charge in [0.1, 0.15) is 0 Å². The number of nitrogens with zero attached hydrogens (tertiary/aromatic N) is 1. The molecule has 0 aromatic heterocycles. The molecule has 0 saturated carbocycles. The average molecular weight is 381 g/mol. The van der Waals surface area contributed by atoms with Crippen molar-refractivity contribution in [2.75, 3.05) is 19.6 Å². The Labute approximate surface area is 160 Å². The van der Waals surface area contributed by atoms with Crippen LogP contribution in [0.4, 0.5) is 0 Å². The normalized spacial score (nSPS) is 19.5. The first-order valence-electron chi connectivity index (χ1n) is 9.24. The standard InChI is InChI=1S/C20H26Cl2N2O/c21-18-8-4-7-17(19(18)22)14-24-11-9-16(10-12-24)20(25)23-13-15-5-2-1-3-6-15/h4-5,7-8,16H,1-3,6,9-14H2,(H,23,25). The van der Waals surface area contributed by atoms with E-state index >= 15 is 0 Å². The molecule has 1 aliphatic carbocycles. The second-order valence-corrected chi connectivity index (χ2v) is 7.87. The molecule has 1 heterocycles. The number of hydrogen-bond acceptors (Lipinski definition) is 2. The highest BCUT2D eigenvalue weighted by Gasteiger charge is 2.25. The summed E-state index contributed by atoms with van der Waals surface area (Å²) in [4.78, 5) is 14.8. The van der Waals surface area contributed by atoms with Crippen LogP contribution >= 0.6 is 23.2 Å². The Morgan fingerprint density at radius 2 is 2.00 bits per heavy atom. The van der Waals surface area contributed by atoms with E-state index in [9.17, 15) is 4.79 Å². The van der Waals surface area contributed by atoms with Gasteiger partial charge in [0.05, 0.1) is 10.0 Å². The van der Waals surface area contributed by atoms with Gasteiger partial charge in [-0.3, -0.25) is 9.69 Å². The molecule has 1 N–H and O–H groups in total. The molecule has 3 nitrogen and oxygen atoms in total. The van der Waals surface area contributed by atoms with Crippen molar-refractivity contribution in [1.29, 1.82) is 0 Å². The van der Waals surface area contributed by atoms with Crippen LogP contribution in [0.25, 0.3) is 0 Å². The second-order valence-electron chi connectivity index (χ2n) is 7.09. The van der Waals surface area contributed by atoms with Crippen LogP contribution in [-0.2, 0) is 11.3 Å². The number of benzene rings is 1. The molecular weight excluding hydrogens is 355 g/mol. The number of halogens is 2. The zero-order valence-electron chi connectivity index (χ0n) is 14.6. The van der Waals surface area contributed by atoms with Gasteiger partial charge in [-0.15, -0.1) is 0 Å². The van der Waals surface area contributed by atoms with Crippen molar-refractivity contribution in [2.24, 2.45) is 5.92 Å². The first-order chi connectivity index (χ1) is 12.1. The third-order valence-corrected chi connectivity index (χ3v) is 6.12. The lowest BCUT2D eigenvalue weighted by Gasteiger charge is -2.31. The maximum absolute atomic E-state index is 12.4. The lowest BCUT2D eigenvalue weighted by Crippen LogP contribution is -2.40. The Morgan fingerprint density at radius 3 is 2.72 bits per heavy atom. The van der Waals surface area contributed by atoms with Gasteiger partial charge in [0.25, 0.3) is 0 Å². The topological polar surface area (TPSA) is 32.3 Å². The van der Waals surface area contributed by atoms with Crippen molar-refractivity contribution >= 4 is 29.1 Å². The Bertz CT molecular complexity index is 637. The molecule has 1 amide bonds. The number of rotatable bonds is 5. The van der Waals surface area contributed by atoms with Gasteiger partial charge < -0.3 is 5.32 Å². The highest BCUT2D eigenvalue weighted by Crippen LogP contribution is 2.28. The maximum Gasteiger partial charge on any atom is 0.223 e. The molecule has 3 rings (SSSR count). The zero-order valence-corrected chi connectivity index (χ0v) is 16.1. The smallest absolute Gasteiger partial charge is 0.223 e. The molecule has 0 unspecified atom stereocenters. The minimum atomic E-state index is 0.135. The summed E-state index contributed by atoms with van der Waals surface area (Å²) < 4.78 is 0. The molecule has 1 aromatic rings. The van der Waals surface area contributed by atoms with Crippen molar-refractivity contribution in [2.45, 2.75) is 45.1 Å². The van der Waals surface area contributed by atoms with Gasteiger partial charge in [-0.2, -0.15) is 0 Å². The van der Waals surface area contributed by atoms with Gasteiger partial charge >= 0.3 is 0 Å². The van der Waals surface area contributed by atoms with Crippen LogP contribution in [0.5, 0.6) is 0 Å². The van der Waals surface area contributed by atoms with Crippen LogP contribution in [0.2, 0.25) is 10.0 Å². The van der Waals surface area contributed by atoms with E-state index in [-0.39, 0.29) is 11.8 Å². The first kappa shape index (κ1) is 18.8. The lowest BCUT2D eigenvalue weighted by atomic mass is 9.95. The average Bonchev–Trinajstić information content (AvgIpc) is 2.65. The van der Waals surface area contributed by atoms with E-state index in [1.807, 2.05) is 18.2 Å². The Balaban J connectivity index is 1.44. The van der Waals surface area contributed by atoms with Crippen molar-refractivity contribution in [1.82, 2.24) is 10.2 Å². The van der Waals surface area contributed by atoms with E-state index < -0.39 is 0 Å². The number of allylic oxidation sites excluding steroid dienone is 1. The second kappa shape index (κ2) is 9.07. The highest BCUT2D eigenvalue weighted by molar-refractivity contribution is 6.42. The van der Waals surface area contributed by atoms with Gasteiger partial charge in [-0.25, -0.2) is 0 Å². The van der Waals surface area contributed by atoms with E-state index in [4.69, 9.17) is 23.2 Å². The van der Waals surface area contributed by atoms with Crippen LogP contribution in [0.3, 0.4) is 0 Å². The quantitative estimate of drug-likeness (QED) is 0.742. The fourth-order valence-corrected chi connectivity index (χ4v) is 4.05. The van der Waals surface area contributed by atoms with Gasteiger partial charge in [-0.1, -0.05) is 47.0 Å². The number of carbonyl (C=O) groups excluding carboxylic acids is 1. The molecule has 1 fully saturated rings. The van der Waals surface area contributed by atoms with E-state index in [0.29, 0.717) is 10.0 Å². The number of nitrogens with one attached hydrogen (secondary N) is 1. The highest BCUT2D eigenvalue weighted by atomic mass is 35.5. The summed E-state index contributed by atoms with van der Waals surface area (Å²) in [6.45, 7) is 3.37. The molecule has 0 atom stereocenters. The van der Waals surface area contributed by atoms with E-state index in [2.05, 4.69) is 16.3 Å². The molecule has 2 aliphatic rings. The van der Waals surface area contributed by atoms with Crippen LogP contribution in [0.15, 0.2) is 29.8 Å². The van der Waals surface area contributed by atoms with E-state index in [1.54, 1.807) is 0 Å². The van der Waals surface area contributed by atoms with Crippen molar-refractivity contribution in [3.05, 3.63) is 45.5 Å². The molecule has 136 valence electrons. The monoisotopic (exact) mass is 380 g/mol. The molecule has 1 aliphatic heterocycles. The summed E-state index contributed by atoms with van der Waals surface area (Å²) in [5, 5.41) is 4.38. The summed E-state index contributed by atoms with van der Waals surface area (Å²) in [6.07, 6.45) is 8.95. The van der Waals surface area contributed by atoms with Gasteiger partial charge in [0, 0.05) is 19.0 Å². The third kappa shape index (κ3) is 5.22. The van der Waals surface area contributed by atoms with E-state index in [0.717, 1.165) is 57.4 Å². The summed E-state index contributed by atoms with van der Waals surface area (Å²) in [5.41, 5.74) is 2.45. The van der Waals surface area contributed by atoms with Gasteiger partial charge in [0.15, 0.2) is 0 Å². The number of hydrogen-bond donors (Lipinski definition) is 1. The Hall–Kier alpha value is -1.03. The molecule has 1 aromatic carbocycles. The lowest BCUT2D eigenvalue weighted by molar-refractivity contribution is -0.126. The van der Waals surface area contributed by atoms with Gasteiger partial charge in [0.2, 0.25) is 5.91 Å². The molecule has 5 heteroatoms. The number of likely N-dealkylation sites (tertiary alicyclic amines) is 1. The minimum Gasteiger partial charge on any atom is -0.352 e. The first-order valence-corrected chi connectivity index (χ1v) is 10.00. The van der Waals surface area contributed by atoms with Crippen LogP contribution in [-0.4, -0.2) is 30.4 Å². The van der Waals surface area contributed by atoms with Crippen LogP contribution in [0.1, 0.15) is 44.1 Å². The van der Waals surface area contributed by atoms with Gasteiger partial charge in [-0.05, 0) is 63.2 Å². The summed E-state index contributed by atoms with van der Waals surface area (Å²) in [7, 11) is 0. The minimum absolute atomic E-state index is 0.135. The largest absolute Gasteiger partial charge is 0.352 e.